The lowest BCUT2D eigenvalue weighted by Gasteiger charge is -2.30. The fourth-order valence-electron chi connectivity index (χ4n) is 3.95. The first-order valence-corrected chi connectivity index (χ1v) is 10.6. The maximum Gasteiger partial charge on any atom is 0.265 e. The third-order valence-corrected chi connectivity index (χ3v) is 6.05. The summed E-state index contributed by atoms with van der Waals surface area (Å²) in [6.45, 7) is 2.99. The van der Waals surface area contributed by atoms with Gasteiger partial charge in [0.2, 0.25) is 5.43 Å². The van der Waals surface area contributed by atoms with E-state index >= 15 is 0 Å². The Morgan fingerprint density at radius 1 is 1.21 bits per heavy atom. The molecule has 0 unspecified atom stereocenters. The summed E-state index contributed by atoms with van der Waals surface area (Å²) < 4.78 is 16.9. The molecule has 0 amide bonds. The summed E-state index contributed by atoms with van der Waals surface area (Å²) in [5.41, 5.74) is 0.611. The van der Waals surface area contributed by atoms with Crippen molar-refractivity contribution in [1.29, 1.82) is 0 Å². The van der Waals surface area contributed by atoms with Crippen molar-refractivity contribution in [3.63, 3.8) is 0 Å². The van der Waals surface area contributed by atoms with Gasteiger partial charge in [0.1, 0.15) is 11.2 Å². The van der Waals surface area contributed by atoms with Crippen LogP contribution in [-0.4, -0.2) is 47.0 Å². The van der Waals surface area contributed by atoms with Crippen LogP contribution in [-0.2, 0) is 0 Å². The number of aromatic amines is 1. The van der Waals surface area contributed by atoms with Crippen LogP contribution in [0, 0.1) is 5.82 Å². The first kappa shape index (κ1) is 17.7. The molecule has 1 saturated carbocycles. The molecule has 2 fully saturated rings. The Balaban J connectivity index is 1.88. The van der Waals surface area contributed by atoms with Gasteiger partial charge in [-0.25, -0.2) is 9.37 Å². The van der Waals surface area contributed by atoms with Crippen molar-refractivity contribution in [2.45, 2.75) is 24.0 Å². The van der Waals surface area contributed by atoms with Crippen molar-refractivity contribution in [2.75, 3.05) is 37.3 Å². The summed E-state index contributed by atoms with van der Waals surface area (Å²) in [6, 6.07) is 3.22. The van der Waals surface area contributed by atoms with E-state index < -0.39 is 16.8 Å². The molecule has 2 aliphatic rings. The topological polar surface area (TPSA) is 83.0 Å². The second-order valence-corrected chi connectivity index (χ2v) is 8.06. The van der Waals surface area contributed by atoms with Crippen molar-refractivity contribution < 1.29 is 4.39 Å². The summed E-state index contributed by atoms with van der Waals surface area (Å²) in [4.78, 5) is 34.8. The zero-order chi connectivity index (χ0) is 19.4. The summed E-state index contributed by atoms with van der Waals surface area (Å²) in [5.74, 6) is -0.432. The molecule has 0 atom stereocenters. The van der Waals surface area contributed by atoms with E-state index in [-0.39, 0.29) is 16.8 Å². The number of piperazine rings is 1. The van der Waals surface area contributed by atoms with Crippen molar-refractivity contribution in [3.8, 4) is 0 Å². The summed E-state index contributed by atoms with van der Waals surface area (Å²) in [7, 11) is 0. The van der Waals surface area contributed by atoms with Gasteiger partial charge < -0.3 is 19.8 Å². The highest BCUT2D eigenvalue weighted by molar-refractivity contribution is 7.98. The van der Waals surface area contributed by atoms with Crippen LogP contribution >= 0.6 is 11.8 Å². The molecule has 1 saturated heterocycles. The average molecular weight is 401 g/mol. The van der Waals surface area contributed by atoms with E-state index in [2.05, 4.69) is 15.3 Å². The van der Waals surface area contributed by atoms with Crippen LogP contribution < -0.4 is 21.2 Å². The molecule has 0 bridgehead atoms. The fourth-order valence-corrected chi connectivity index (χ4v) is 4.32. The second-order valence-electron chi connectivity index (χ2n) is 7.26. The van der Waals surface area contributed by atoms with Crippen molar-refractivity contribution in [2.24, 2.45) is 0 Å². The van der Waals surface area contributed by atoms with Crippen LogP contribution in [0.15, 0.2) is 26.9 Å². The molecular weight excluding hydrogens is 381 g/mol. The van der Waals surface area contributed by atoms with Gasteiger partial charge in [-0.2, -0.15) is 0 Å². The number of nitrogens with one attached hydrogen (secondary N) is 2. The highest BCUT2D eigenvalue weighted by atomic mass is 32.2. The first-order valence-electron chi connectivity index (χ1n) is 9.40. The number of aromatic nitrogens is 3. The van der Waals surface area contributed by atoms with E-state index in [0.29, 0.717) is 35.1 Å². The fraction of sp³-hybridized carbons (Fsp3) is 0.421. The second kappa shape index (κ2) is 6.59. The van der Waals surface area contributed by atoms with Gasteiger partial charge in [-0.3, -0.25) is 9.59 Å². The molecule has 146 valence electrons. The van der Waals surface area contributed by atoms with Crippen LogP contribution in [0.4, 0.5) is 10.1 Å². The van der Waals surface area contributed by atoms with Crippen molar-refractivity contribution in [3.05, 3.63) is 38.5 Å². The molecule has 3 heterocycles. The van der Waals surface area contributed by atoms with Gasteiger partial charge >= 0.3 is 0 Å². The number of H-pyrrole nitrogens is 1. The summed E-state index contributed by atoms with van der Waals surface area (Å²) in [6.07, 6.45) is 3.73. The smallest absolute Gasteiger partial charge is 0.265 e. The Morgan fingerprint density at radius 2 is 1.96 bits per heavy atom. The minimum absolute atomic E-state index is 0.00604. The number of benzene rings is 1. The number of halogens is 1. The maximum atomic E-state index is 14.9. The molecule has 2 aromatic heterocycles. The molecule has 2 N–H and O–H groups in total. The minimum Gasteiger partial charge on any atom is -0.367 e. The quantitative estimate of drug-likeness (QED) is 0.396. The maximum absolute atomic E-state index is 14.9. The Kier molecular flexibility index (Phi) is 4.17. The molecule has 7 nitrogen and oxygen atoms in total. The van der Waals surface area contributed by atoms with E-state index in [1.54, 1.807) is 6.07 Å². The minimum atomic E-state index is -0.470. The van der Waals surface area contributed by atoms with Crippen LogP contribution in [0.3, 0.4) is 0 Å². The van der Waals surface area contributed by atoms with Gasteiger partial charge in [0.05, 0.1) is 11.2 Å². The molecule has 1 aromatic carbocycles. The molecule has 9 heteroatoms. The van der Waals surface area contributed by atoms with Crippen LogP contribution in [0.25, 0.3) is 21.9 Å². The molecule has 0 radical (unpaired) electrons. The Bertz CT molecular complexity index is 1210. The molecule has 3 aromatic rings. The zero-order valence-corrected chi connectivity index (χ0v) is 16.2. The molecule has 5 rings (SSSR count). The standard InChI is InChI=1S/C19H20FN5O2S/c1-28-19-22-17-15(18(27)23-19)16(26)11-8-12(20)14(24-6-4-21-5-7-24)9-13(11)25(17)10-2-3-10/h8-10,21H,2-7H2,1H3,(H,22,23,27). The average Bonchev–Trinajstić information content (AvgIpc) is 3.53. The van der Waals surface area contributed by atoms with E-state index in [9.17, 15) is 14.0 Å². The number of rotatable bonds is 3. The van der Waals surface area contributed by atoms with Crippen LogP contribution in [0.1, 0.15) is 18.9 Å². The number of nitrogens with zero attached hydrogens (tertiary/aromatic N) is 3. The highest BCUT2D eigenvalue weighted by Gasteiger charge is 2.30. The number of anilines is 1. The van der Waals surface area contributed by atoms with Gasteiger partial charge in [-0.15, -0.1) is 0 Å². The molecular formula is C19H20FN5O2S. The monoisotopic (exact) mass is 401 g/mol. The molecule has 1 aliphatic carbocycles. The zero-order valence-electron chi connectivity index (χ0n) is 15.4. The Labute approximate surface area is 163 Å². The third-order valence-electron chi connectivity index (χ3n) is 5.47. The van der Waals surface area contributed by atoms with Gasteiger partial charge in [0, 0.05) is 37.6 Å². The van der Waals surface area contributed by atoms with Crippen molar-refractivity contribution >= 4 is 39.4 Å². The van der Waals surface area contributed by atoms with Gasteiger partial charge in [0.15, 0.2) is 10.8 Å². The van der Waals surface area contributed by atoms with Crippen LogP contribution in [0.2, 0.25) is 0 Å². The van der Waals surface area contributed by atoms with Gasteiger partial charge in [-0.1, -0.05) is 11.8 Å². The predicted molar refractivity (Wildman–Crippen MR) is 109 cm³/mol. The van der Waals surface area contributed by atoms with E-state index in [0.717, 1.165) is 25.9 Å². The Hall–Kier alpha value is -2.39. The lowest BCUT2D eigenvalue weighted by molar-refractivity contribution is 0.567. The van der Waals surface area contributed by atoms with Gasteiger partial charge in [0.25, 0.3) is 5.56 Å². The van der Waals surface area contributed by atoms with Gasteiger partial charge in [-0.05, 0) is 31.2 Å². The predicted octanol–water partition coefficient (Wildman–Crippen LogP) is 1.84. The molecule has 28 heavy (non-hydrogen) atoms. The number of pyridine rings is 1. The SMILES string of the molecule is CSc1nc2c(c(=O)[nH]1)c(=O)c1cc(F)c(N3CCNCC3)cc1n2C1CC1. The lowest BCUT2D eigenvalue weighted by atomic mass is 10.1. The third kappa shape index (κ3) is 2.72. The number of fused-ring (bicyclic) bond motifs is 2. The number of hydrogen-bond acceptors (Lipinski definition) is 6. The molecule has 1 aliphatic heterocycles. The van der Waals surface area contributed by atoms with Crippen LogP contribution in [0.5, 0.6) is 0 Å². The van der Waals surface area contributed by atoms with Crippen molar-refractivity contribution in [1.82, 2.24) is 19.9 Å². The van der Waals surface area contributed by atoms with E-state index in [1.165, 1.54) is 17.8 Å². The number of hydrogen-bond donors (Lipinski definition) is 2. The normalized spacial score (nSPS) is 17.6. The summed E-state index contributed by atoms with van der Waals surface area (Å²) in [5, 5.41) is 3.97. The Morgan fingerprint density at radius 3 is 2.64 bits per heavy atom. The molecule has 0 spiro atoms. The van der Waals surface area contributed by atoms with E-state index in [1.807, 2.05) is 15.7 Å². The largest absolute Gasteiger partial charge is 0.367 e. The summed E-state index contributed by atoms with van der Waals surface area (Å²) >= 11 is 1.32. The van der Waals surface area contributed by atoms with E-state index in [4.69, 9.17) is 0 Å². The highest BCUT2D eigenvalue weighted by Crippen LogP contribution is 2.39. The first-order chi connectivity index (χ1) is 13.6. The number of thioether (sulfide) groups is 1. The lowest BCUT2D eigenvalue weighted by Crippen LogP contribution is -2.43.